The van der Waals surface area contributed by atoms with Crippen molar-refractivity contribution in [1.82, 2.24) is 10.3 Å². The van der Waals surface area contributed by atoms with Crippen LogP contribution in [0.2, 0.25) is 0 Å². The molecule has 17 heavy (non-hydrogen) atoms. The SMILES string of the molecule is COc1cccc(CNC2CCS(=O)CC2)n1. The number of hydrogen-bond acceptors (Lipinski definition) is 4. The lowest BCUT2D eigenvalue weighted by Crippen LogP contribution is -2.35. The second-order valence-electron chi connectivity index (χ2n) is 4.17. The smallest absolute Gasteiger partial charge is 0.213 e. The van der Waals surface area contributed by atoms with Gasteiger partial charge in [-0.3, -0.25) is 4.21 Å². The molecule has 5 heteroatoms. The van der Waals surface area contributed by atoms with Crippen molar-refractivity contribution in [3.63, 3.8) is 0 Å². The summed E-state index contributed by atoms with van der Waals surface area (Å²) in [5, 5.41) is 3.46. The topological polar surface area (TPSA) is 51.2 Å². The van der Waals surface area contributed by atoms with E-state index in [9.17, 15) is 4.21 Å². The van der Waals surface area contributed by atoms with E-state index in [1.54, 1.807) is 7.11 Å². The molecule has 1 aromatic rings. The van der Waals surface area contributed by atoms with Crippen LogP contribution in [-0.2, 0) is 17.3 Å². The van der Waals surface area contributed by atoms with Crippen LogP contribution in [0.1, 0.15) is 18.5 Å². The quantitative estimate of drug-likeness (QED) is 0.874. The van der Waals surface area contributed by atoms with E-state index in [2.05, 4.69) is 10.3 Å². The maximum Gasteiger partial charge on any atom is 0.213 e. The molecule has 1 aromatic heterocycles. The molecule has 1 aliphatic heterocycles. The summed E-state index contributed by atoms with van der Waals surface area (Å²) >= 11 is 0. The number of aromatic nitrogens is 1. The van der Waals surface area contributed by atoms with Crippen molar-refractivity contribution in [1.29, 1.82) is 0 Å². The molecule has 1 N–H and O–H groups in total. The first-order valence-corrected chi connectivity index (χ1v) is 7.35. The van der Waals surface area contributed by atoms with E-state index in [1.807, 2.05) is 18.2 Å². The fraction of sp³-hybridized carbons (Fsp3) is 0.583. The second-order valence-corrected chi connectivity index (χ2v) is 5.87. The van der Waals surface area contributed by atoms with Crippen LogP contribution in [0.3, 0.4) is 0 Å². The Morgan fingerprint density at radius 1 is 1.47 bits per heavy atom. The lowest BCUT2D eigenvalue weighted by molar-refractivity contribution is 0.394. The number of rotatable bonds is 4. The molecule has 2 heterocycles. The van der Waals surface area contributed by atoms with Gasteiger partial charge >= 0.3 is 0 Å². The summed E-state index contributed by atoms with van der Waals surface area (Å²) in [6.45, 7) is 0.745. The lowest BCUT2D eigenvalue weighted by atomic mass is 10.1. The van der Waals surface area contributed by atoms with Crippen LogP contribution in [0.5, 0.6) is 5.88 Å². The minimum atomic E-state index is -0.590. The Balaban J connectivity index is 1.82. The van der Waals surface area contributed by atoms with Crippen LogP contribution >= 0.6 is 0 Å². The molecule has 0 amide bonds. The van der Waals surface area contributed by atoms with Gasteiger partial charge in [0.25, 0.3) is 0 Å². The van der Waals surface area contributed by atoms with Crippen LogP contribution in [0, 0.1) is 0 Å². The molecule has 1 saturated heterocycles. The summed E-state index contributed by atoms with van der Waals surface area (Å²) in [6, 6.07) is 6.24. The van der Waals surface area contributed by atoms with Gasteiger partial charge in [0.1, 0.15) is 0 Å². The molecular formula is C12H18N2O2S. The number of nitrogens with one attached hydrogen (secondary N) is 1. The van der Waals surface area contributed by atoms with Crippen LogP contribution < -0.4 is 10.1 Å². The lowest BCUT2D eigenvalue weighted by Gasteiger charge is -2.22. The van der Waals surface area contributed by atoms with Gasteiger partial charge in [0.15, 0.2) is 0 Å². The first-order chi connectivity index (χ1) is 8.28. The second kappa shape index (κ2) is 6.12. The molecule has 0 radical (unpaired) electrons. The summed E-state index contributed by atoms with van der Waals surface area (Å²) in [5.74, 6) is 2.29. The number of nitrogens with zero attached hydrogens (tertiary/aromatic N) is 1. The Kier molecular flexibility index (Phi) is 4.50. The van der Waals surface area contributed by atoms with Crippen molar-refractivity contribution in [3.05, 3.63) is 23.9 Å². The van der Waals surface area contributed by atoms with Gasteiger partial charge in [0.2, 0.25) is 5.88 Å². The number of methoxy groups -OCH3 is 1. The molecule has 0 spiro atoms. The third-order valence-electron chi connectivity index (χ3n) is 2.95. The van der Waals surface area contributed by atoms with Gasteiger partial charge in [-0.15, -0.1) is 0 Å². The Bertz CT molecular complexity index is 388. The van der Waals surface area contributed by atoms with Crippen molar-refractivity contribution < 1.29 is 8.95 Å². The van der Waals surface area contributed by atoms with Gasteiger partial charge in [-0.05, 0) is 18.9 Å². The summed E-state index contributed by atoms with van der Waals surface area (Å²) in [7, 11) is 1.03. The Morgan fingerprint density at radius 2 is 2.24 bits per heavy atom. The van der Waals surface area contributed by atoms with Gasteiger partial charge in [-0.25, -0.2) is 4.98 Å². The average molecular weight is 254 g/mol. The molecule has 2 rings (SSSR count). The van der Waals surface area contributed by atoms with E-state index in [-0.39, 0.29) is 0 Å². The largest absolute Gasteiger partial charge is 0.481 e. The minimum Gasteiger partial charge on any atom is -0.481 e. The van der Waals surface area contributed by atoms with Crippen LogP contribution in [0.4, 0.5) is 0 Å². The Morgan fingerprint density at radius 3 is 2.94 bits per heavy atom. The summed E-state index contributed by atoms with van der Waals surface area (Å²) in [6.07, 6.45) is 1.99. The van der Waals surface area contributed by atoms with Gasteiger partial charge in [-0.2, -0.15) is 0 Å². The molecule has 0 aliphatic carbocycles. The zero-order valence-corrected chi connectivity index (χ0v) is 10.8. The normalized spacial score (nSPS) is 24.5. The highest BCUT2D eigenvalue weighted by atomic mass is 32.2. The summed E-state index contributed by atoms with van der Waals surface area (Å²) in [5.41, 5.74) is 0.982. The predicted molar refractivity (Wildman–Crippen MR) is 68.5 cm³/mol. The minimum absolute atomic E-state index is 0.473. The van der Waals surface area contributed by atoms with E-state index in [1.165, 1.54) is 0 Å². The van der Waals surface area contributed by atoms with E-state index >= 15 is 0 Å². The maximum absolute atomic E-state index is 11.2. The Labute approximate surface area is 104 Å². The fourth-order valence-corrected chi connectivity index (χ4v) is 3.22. The van der Waals surface area contributed by atoms with E-state index in [0.29, 0.717) is 11.9 Å². The first kappa shape index (κ1) is 12.5. The highest BCUT2D eigenvalue weighted by Crippen LogP contribution is 2.11. The standard InChI is InChI=1S/C12H18N2O2S/c1-16-12-4-2-3-11(14-12)9-13-10-5-7-17(15)8-6-10/h2-4,10,13H,5-9H2,1H3. The molecule has 0 unspecified atom stereocenters. The summed E-state index contributed by atoms with van der Waals surface area (Å²) in [4.78, 5) is 4.35. The van der Waals surface area contributed by atoms with Crippen LogP contribution in [0.25, 0.3) is 0 Å². The predicted octanol–water partition coefficient (Wildman–Crippen LogP) is 1.09. The molecule has 0 bridgehead atoms. The van der Waals surface area contributed by atoms with Gasteiger partial charge in [0.05, 0.1) is 12.8 Å². The number of ether oxygens (including phenoxy) is 1. The summed E-state index contributed by atoms with van der Waals surface area (Å²) < 4.78 is 16.3. The van der Waals surface area contributed by atoms with Crippen molar-refractivity contribution in [2.24, 2.45) is 0 Å². The van der Waals surface area contributed by atoms with E-state index < -0.39 is 10.8 Å². The van der Waals surface area contributed by atoms with Gasteiger partial charge in [-0.1, -0.05) is 6.07 Å². The zero-order chi connectivity index (χ0) is 12.1. The third kappa shape index (κ3) is 3.78. The van der Waals surface area contributed by atoms with Crippen LogP contribution in [-0.4, -0.2) is 33.9 Å². The fourth-order valence-electron chi connectivity index (χ4n) is 1.92. The molecule has 1 fully saturated rings. The highest BCUT2D eigenvalue weighted by molar-refractivity contribution is 7.85. The first-order valence-electron chi connectivity index (χ1n) is 5.86. The van der Waals surface area contributed by atoms with E-state index in [4.69, 9.17) is 4.74 Å². The van der Waals surface area contributed by atoms with Crippen molar-refractivity contribution >= 4 is 10.8 Å². The number of pyridine rings is 1. The zero-order valence-electron chi connectivity index (χ0n) is 10.0. The third-order valence-corrected chi connectivity index (χ3v) is 4.33. The van der Waals surface area contributed by atoms with Crippen molar-refractivity contribution in [2.45, 2.75) is 25.4 Å². The molecule has 0 aromatic carbocycles. The molecule has 4 nitrogen and oxygen atoms in total. The van der Waals surface area contributed by atoms with Crippen LogP contribution in [0.15, 0.2) is 18.2 Å². The molecule has 0 saturated carbocycles. The monoisotopic (exact) mass is 254 g/mol. The molecule has 0 atom stereocenters. The van der Waals surface area contributed by atoms with Gasteiger partial charge < -0.3 is 10.1 Å². The van der Waals surface area contributed by atoms with Crippen molar-refractivity contribution in [2.75, 3.05) is 18.6 Å². The maximum atomic E-state index is 11.2. The molecule has 94 valence electrons. The highest BCUT2D eigenvalue weighted by Gasteiger charge is 2.17. The van der Waals surface area contributed by atoms with Gasteiger partial charge in [0, 0.05) is 41.0 Å². The molecule has 1 aliphatic rings. The number of hydrogen-bond donors (Lipinski definition) is 1. The van der Waals surface area contributed by atoms with Crippen molar-refractivity contribution in [3.8, 4) is 5.88 Å². The van der Waals surface area contributed by atoms with E-state index in [0.717, 1.165) is 36.6 Å². The average Bonchev–Trinajstić information content (AvgIpc) is 2.38. The molecular weight excluding hydrogens is 236 g/mol. The Hall–Kier alpha value is -0.940.